The molecule has 0 amide bonds. The van der Waals surface area contributed by atoms with E-state index in [4.69, 9.17) is 18.5 Å². The normalized spacial score (nSPS) is 13.8. The summed E-state index contributed by atoms with van der Waals surface area (Å²) in [4.78, 5) is 38.1. The molecule has 0 aromatic heterocycles. The smallest absolute Gasteiger partial charge is 0.306 e. The molecule has 10 heteroatoms. The van der Waals surface area contributed by atoms with E-state index in [1.807, 2.05) is 21.1 Å². The van der Waals surface area contributed by atoms with Gasteiger partial charge in [0.05, 0.1) is 27.7 Å². The van der Waals surface area contributed by atoms with Crippen LogP contribution in [0.3, 0.4) is 0 Å². The molecule has 0 N–H and O–H groups in total. The summed E-state index contributed by atoms with van der Waals surface area (Å²) in [6.45, 7) is 4.13. The van der Waals surface area contributed by atoms with Gasteiger partial charge in [-0.3, -0.25) is 14.2 Å². The van der Waals surface area contributed by atoms with Crippen molar-refractivity contribution in [3.63, 3.8) is 0 Å². The molecule has 9 nitrogen and oxygen atoms in total. The molecule has 0 aromatic carbocycles. The monoisotopic (exact) mass is 1250 g/mol. The fourth-order valence-electron chi connectivity index (χ4n) is 9.94. The van der Waals surface area contributed by atoms with E-state index < -0.39 is 26.5 Å². The number of likely N-dealkylation sites (N-methyl/N-ethyl adjacent to an activating group) is 1. The summed E-state index contributed by atoms with van der Waals surface area (Å²) in [5, 5.41) is 0. The number of allylic oxidation sites excluding steroid dienone is 20. The second kappa shape index (κ2) is 67.8. The molecular weight excluding hydrogens is 1110 g/mol. The molecule has 0 saturated heterocycles. The van der Waals surface area contributed by atoms with Crippen molar-refractivity contribution in [2.45, 2.75) is 315 Å². The Hall–Kier alpha value is -3.59. The molecule has 0 fully saturated rings. The number of unbranched alkanes of at least 4 members (excludes halogenated alkanes) is 32. The van der Waals surface area contributed by atoms with Crippen molar-refractivity contribution in [1.82, 2.24) is 0 Å². The molecule has 0 aliphatic carbocycles. The SMILES string of the molecule is CC/C=C\C/C=C\C/C=C\C/C=C\C/C=C\C/C=C\C/C=C\CCCCCCCCCCCCCCCCCCCC(=O)OC(COC(=O)CCCCCCCCCCCC/C=C\C/C=C\C/C=C\CCCCCCC)COP(=O)([O-])OCC[N+](C)(C)C. The zero-order valence-electron chi connectivity index (χ0n) is 57.6. The van der Waals surface area contributed by atoms with Crippen LogP contribution in [0.2, 0.25) is 0 Å². The van der Waals surface area contributed by atoms with Crippen LogP contribution in [0.15, 0.2) is 122 Å². The predicted molar refractivity (Wildman–Crippen MR) is 378 cm³/mol. The van der Waals surface area contributed by atoms with Gasteiger partial charge in [0.2, 0.25) is 0 Å². The van der Waals surface area contributed by atoms with E-state index in [0.717, 1.165) is 103 Å². The van der Waals surface area contributed by atoms with E-state index in [9.17, 15) is 19.0 Å². The highest BCUT2D eigenvalue weighted by atomic mass is 31.2. The third-order valence-corrected chi connectivity index (χ3v) is 16.4. The number of hydrogen-bond acceptors (Lipinski definition) is 8. The molecule has 2 unspecified atom stereocenters. The van der Waals surface area contributed by atoms with Gasteiger partial charge in [-0.05, 0) is 109 Å². The molecule has 0 spiro atoms. The Morgan fingerprint density at radius 3 is 0.966 bits per heavy atom. The van der Waals surface area contributed by atoms with Crippen molar-refractivity contribution in [2.75, 3.05) is 47.5 Å². The standard InChI is InChI=1S/C78H136NO8P/c1-6-8-10-12-14-16-18-20-22-24-26-28-30-32-33-34-35-36-37-38-39-40-41-42-43-44-45-47-49-51-53-55-57-59-61-63-65-67-69-71-78(81)87-76(75-86-88(82,83)85-73-72-79(3,4)5)74-84-77(80)70-68-66-64-62-60-58-56-54-52-50-48-46-31-29-27-25-23-21-19-17-15-13-11-9-7-2/h8,10,14,16,19-22,25-28,31-33,35-36,38-39,46,76H,6-7,9,11-13,15,17-18,23-24,29-30,34,37,40-45,47-75H2,1-5H3/b10-8-,16-14-,21-19-,22-20-,27-25-,28-26-,33-32-,36-35-,39-38-,46-31-. The molecule has 0 rings (SSSR count). The lowest BCUT2D eigenvalue weighted by atomic mass is 10.0. The second-order valence-electron chi connectivity index (χ2n) is 25.2. The van der Waals surface area contributed by atoms with Gasteiger partial charge in [-0.15, -0.1) is 0 Å². The molecular formula is C78H136NO8P. The van der Waals surface area contributed by atoms with Crippen molar-refractivity contribution in [3.05, 3.63) is 122 Å². The van der Waals surface area contributed by atoms with Crippen molar-refractivity contribution in [3.8, 4) is 0 Å². The van der Waals surface area contributed by atoms with Crippen molar-refractivity contribution < 1.29 is 42.1 Å². The molecule has 0 heterocycles. The van der Waals surface area contributed by atoms with E-state index in [2.05, 4.69) is 135 Å². The molecule has 0 radical (unpaired) electrons. The highest BCUT2D eigenvalue weighted by Crippen LogP contribution is 2.38. The Balaban J connectivity index is 4.02. The third kappa shape index (κ3) is 71.5. The second-order valence-corrected chi connectivity index (χ2v) is 26.6. The van der Waals surface area contributed by atoms with E-state index in [-0.39, 0.29) is 32.0 Å². The summed E-state index contributed by atoms with van der Waals surface area (Å²) in [6, 6.07) is 0. The topological polar surface area (TPSA) is 111 Å². The first-order valence-electron chi connectivity index (χ1n) is 36.2. The van der Waals surface area contributed by atoms with Gasteiger partial charge in [0.1, 0.15) is 19.8 Å². The summed E-state index contributed by atoms with van der Waals surface area (Å²) in [6.07, 6.45) is 97.1. The first-order chi connectivity index (χ1) is 43.0. The van der Waals surface area contributed by atoms with Crippen LogP contribution in [-0.4, -0.2) is 70.0 Å². The number of quaternary nitrogens is 1. The highest BCUT2D eigenvalue weighted by molar-refractivity contribution is 7.45. The van der Waals surface area contributed by atoms with E-state index in [1.165, 1.54) is 173 Å². The number of esters is 2. The Morgan fingerprint density at radius 2 is 0.648 bits per heavy atom. The molecule has 0 aromatic rings. The lowest BCUT2D eigenvalue weighted by Gasteiger charge is -2.28. The Bertz CT molecular complexity index is 1900. The molecule has 506 valence electrons. The fourth-order valence-corrected chi connectivity index (χ4v) is 10.7. The van der Waals surface area contributed by atoms with E-state index in [0.29, 0.717) is 17.4 Å². The Kier molecular flexibility index (Phi) is 65.0. The Morgan fingerprint density at radius 1 is 0.364 bits per heavy atom. The van der Waals surface area contributed by atoms with Crippen LogP contribution in [-0.2, 0) is 32.7 Å². The van der Waals surface area contributed by atoms with Crippen LogP contribution in [0, 0.1) is 0 Å². The third-order valence-electron chi connectivity index (χ3n) is 15.5. The number of phosphoric acid groups is 1. The zero-order valence-corrected chi connectivity index (χ0v) is 58.5. The van der Waals surface area contributed by atoms with Crippen LogP contribution in [0.25, 0.3) is 0 Å². The number of ether oxygens (including phenoxy) is 2. The fraction of sp³-hybridized carbons (Fsp3) is 0.718. The van der Waals surface area contributed by atoms with Crippen molar-refractivity contribution >= 4 is 19.8 Å². The molecule has 88 heavy (non-hydrogen) atoms. The van der Waals surface area contributed by atoms with Gasteiger partial charge in [-0.2, -0.15) is 0 Å². The maximum atomic E-state index is 12.9. The van der Waals surface area contributed by atoms with Gasteiger partial charge in [-0.25, -0.2) is 0 Å². The minimum Gasteiger partial charge on any atom is -0.756 e. The quantitative estimate of drug-likeness (QED) is 0.0195. The minimum atomic E-state index is -4.65. The van der Waals surface area contributed by atoms with Crippen molar-refractivity contribution in [2.24, 2.45) is 0 Å². The summed E-state index contributed by atoms with van der Waals surface area (Å²) in [7, 11) is 1.16. The van der Waals surface area contributed by atoms with Crippen molar-refractivity contribution in [1.29, 1.82) is 0 Å². The van der Waals surface area contributed by atoms with Crippen LogP contribution < -0.4 is 4.89 Å². The molecule has 2 atom stereocenters. The van der Waals surface area contributed by atoms with Gasteiger partial charge >= 0.3 is 11.9 Å². The van der Waals surface area contributed by atoms with Gasteiger partial charge in [0.15, 0.2) is 6.10 Å². The number of carbonyl (C=O) groups is 2. The number of phosphoric ester groups is 1. The van der Waals surface area contributed by atoms with E-state index in [1.54, 1.807) is 0 Å². The average Bonchev–Trinajstić information content (AvgIpc) is 3.68. The molecule has 0 saturated carbocycles. The molecule has 0 aliphatic rings. The lowest BCUT2D eigenvalue weighted by Crippen LogP contribution is -2.37. The summed E-state index contributed by atoms with van der Waals surface area (Å²) in [5.74, 6) is -0.832. The minimum absolute atomic E-state index is 0.0348. The van der Waals surface area contributed by atoms with Crippen LogP contribution >= 0.6 is 7.82 Å². The van der Waals surface area contributed by atoms with Gasteiger partial charge in [0, 0.05) is 12.8 Å². The average molecular weight is 1250 g/mol. The first kappa shape index (κ1) is 84.4. The van der Waals surface area contributed by atoms with Gasteiger partial charge in [0.25, 0.3) is 7.82 Å². The largest absolute Gasteiger partial charge is 0.756 e. The summed E-state index contributed by atoms with van der Waals surface area (Å²) in [5.41, 5.74) is 0. The number of nitrogens with zero attached hydrogens (tertiary/aromatic N) is 1. The maximum Gasteiger partial charge on any atom is 0.306 e. The van der Waals surface area contributed by atoms with E-state index >= 15 is 0 Å². The van der Waals surface area contributed by atoms with Gasteiger partial charge < -0.3 is 27.9 Å². The predicted octanol–water partition coefficient (Wildman–Crippen LogP) is 23.2. The summed E-state index contributed by atoms with van der Waals surface area (Å²) < 4.78 is 34.3. The first-order valence-corrected chi connectivity index (χ1v) is 37.7. The summed E-state index contributed by atoms with van der Waals surface area (Å²) >= 11 is 0. The number of hydrogen-bond donors (Lipinski definition) is 0. The zero-order chi connectivity index (χ0) is 64.1. The van der Waals surface area contributed by atoms with Crippen LogP contribution in [0.5, 0.6) is 0 Å². The van der Waals surface area contributed by atoms with Gasteiger partial charge in [-0.1, -0.05) is 309 Å². The molecule has 0 bridgehead atoms. The van der Waals surface area contributed by atoms with Crippen LogP contribution in [0.4, 0.5) is 0 Å². The van der Waals surface area contributed by atoms with Crippen LogP contribution in [0.1, 0.15) is 309 Å². The number of rotatable bonds is 66. The Labute approximate surface area is 543 Å². The number of carbonyl (C=O) groups excluding carboxylic acids is 2. The molecule has 0 aliphatic heterocycles. The highest BCUT2D eigenvalue weighted by Gasteiger charge is 2.22. The lowest BCUT2D eigenvalue weighted by molar-refractivity contribution is -0.870. The maximum absolute atomic E-state index is 12.9.